The Hall–Kier alpha value is -6.70. The van der Waals surface area contributed by atoms with Gasteiger partial charge in [-0.25, -0.2) is 0 Å². The number of nitrogens with zero attached hydrogens (tertiary/aromatic N) is 1. The molecular weight excluding hydrogens is 639 g/mol. The van der Waals surface area contributed by atoms with E-state index in [2.05, 4.69) is 218 Å². The van der Waals surface area contributed by atoms with Crippen molar-refractivity contribution in [3.05, 3.63) is 223 Å². The molecule has 1 unspecified atom stereocenters. The molecule has 1 heteroatoms. The topological polar surface area (TPSA) is 3.24 Å². The van der Waals surface area contributed by atoms with E-state index in [1.165, 1.54) is 71.6 Å². The maximum Gasteiger partial charge on any atom is 0.0546 e. The molecule has 0 fully saturated rings. The lowest BCUT2D eigenvalue weighted by molar-refractivity contribution is 0.715. The Kier molecular flexibility index (Phi) is 7.33. The number of hydrogen-bond acceptors (Lipinski definition) is 1. The maximum absolute atomic E-state index is 2.50. The minimum Gasteiger partial charge on any atom is -0.310 e. The van der Waals surface area contributed by atoms with Crippen LogP contribution in [0.1, 0.15) is 23.6 Å². The van der Waals surface area contributed by atoms with Crippen LogP contribution in [0.2, 0.25) is 0 Å². The van der Waals surface area contributed by atoms with E-state index in [-0.39, 0.29) is 5.41 Å². The zero-order chi connectivity index (χ0) is 35.4. The molecule has 0 saturated carbocycles. The van der Waals surface area contributed by atoms with Crippen LogP contribution in [0.5, 0.6) is 0 Å². The molecule has 9 aromatic rings. The smallest absolute Gasteiger partial charge is 0.0546 e. The molecule has 0 spiro atoms. The third-order valence-corrected chi connectivity index (χ3v) is 11.3. The molecule has 1 nitrogen and oxygen atoms in total. The van der Waals surface area contributed by atoms with Crippen molar-refractivity contribution in [3.8, 4) is 33.4 Å². The summed E-state index contributed by atoms with van der Waals surface area (Å²) in [6, 6.07) is 75.5. The van der Waals surface area contributed by atoms with Gasteiger partial charge in [0.1, 0.15) is 0 Å². The number of anilines is 3. The molecule has 1 aliphatic rings. The van der Waals surface area contributed by atoms with Crippen LogP contribution in [-0.2, 0) is 5.41 Å². The second-order valence-electron chi connectivity index (χ2n) is 14.3. The Morgan fingerprint density at radius 1 is 0.377 bits per heavy atom. The van der Waals surface area contributed by atoms with E-state index in [4.69, 9.17) is 0 Å². The fourth-order valence-corrected chi connectivity index (χ4v) is 8.64. The summed E-state index contributed by atoms with van der Waals surface area (Å²) in [7, 11) is 0. The monoisotopic (exact) mass is 675 g/mol. The zero-order valence-electron chi connectivity index (χ0n) is 29.6. The van der Waals surface area contributed by atoms with E-state index in [1.54, 1.807) is 0 Å². The average molecular weight is 676 g/mol. The molecule has 0 aromatic heterocycles. The standard InChI is InChI=1S/C52H37N/c1-52(42-19-9-4-10-20-42)48-22-12-11-21-45(48)47-34-41-25-24-40-18-13-23-50(51(40)46(41)35-49(47)52)53(43-30-26-38(27-31-43)36-14-5-2-6-15-36)44-32-28-39(29-33-44)37-16-7-3-8-17-37/h2-35H,1H3. The van der Waals surface area contributed by atoms with Crippen molar-refractivity contribution < 1.29 is 0 Å². The van der Waals surface area contributed by atoms with Crippen molar-refractivity contribution in [2.75, 3.05) is 4.90 Å². The predicted molar refractivity (Wildman–Crippen MR) is 224 cm³/mol. The van der Waals surface area contributed by atoms with Crippen molar-refractivity contribution in [1.82, 2.24) is 0 Å². The van der Waals surface area contributed by atoms with Gasteiger partial charge in [0, 0.05) is 22.2 Å². The van der Waals surface area contributed by atoms with E-state index in [0.29, 0.717) is 0 Å². The molecule has 9 aromatic carbocycles. The van der Waals surface area contributed by atoms with Crippen LogP contribution in [0.15, 0.2) is 206 Å². The van der Waals surface area contributed by atoms with Crippen LogP contribution < -0.4 is 4.90 Å². The Labute approximate surface area is 311 Å². The lowest BCUT2D eigenvalue weighted by Crippen LogP contribution is -2.22. The first-order valence-electron chi connectivity index (χ1n) is 18.4. The summed E-state index contributed by atoms with van der Waals surface area (Å²) in [5, 5.41) is 4.98. The van der Waals surface area contributed by atoms with Crippen LogP contribution in [-0.4, -0.2) is 0 Å². The van der Waals surface area contributed by atoms with Gasteiger partial charge < -0.3 is 4.90 Å². The van der Waals surface area contributed by atoms with Gasteiger partial charge in [0.2, 0.25) is 0 Å². The molecule has 1 atom stereocenters. The van der Waals surface area contributed by atoms with Crippen LogP contribution >= 0.6 is 0 Å². The lowest BCUT2D eigenvalue weighted by Gasteiger charge is -2.29. The summed E-state index contributed by atoms with van der Waals surface area (Å²) in [4.78, 5) is 2.43. The average Bonchev–Trinajstić information content (AvgIpc) is 3.49. The molecule has 10 rings (SSSR count). The van der Waals surface area contributed by atoms with Gasteiger partial charge in [-0.15, -0.1) is 0 Å². The van der Waals surface area contributed by atoms with Gasteiger partial charge in [-0.1, -0.05) is 164 Å². The second kappa shape index (κ2) is 12.5. The fraction of sp³-hybridized carbons (Fsp3) is 0.0385. The van der Waals surface area contributed by atoms with E-state index >= 15 is 0 Å². The van der Waals surface area contributed by atoms with Gasteiger partial charge in [-0.05, 0) is 116 Å². The number of benzene rings is 9. The number of rotatable bonds is 6. The van der Waals surface area contributed by atoms with E-state index in [0.717, 1.165) is 17.1 Å². The van der Waals surface area contributed by atoms with Crippen LogP contribution in [0.4, 0.5) is 17.1 Å². The van der Waals surface area contributed by atoms with Crippen molar-refractivity contribution in [1.29, 1.82) is 0 Å². The SMILES string of the molecule is CC1(c2ccccc2)c2ccccc2-c2cc3ccc4cccc(N(c5ccc(-c6ccccc6)cc5)c5ccc(-c6ccccc6)cc5)c4c3cc21. The molecule has 0 heterocycles. The van der Waals surface area contributed by atoms with Gasteiger partial charge in [0.15, 0.2) is 0 Å². The van der Waals surface area contributed by atoms with Gasteiger partial charge >= 0.3 is 0 Å². The molecular formula is C52H37N. The number of hydrogen-bond donors (Lipinski definition) is 0. The molecule has 0 aliphatic heterocycles. The minimum atomic E-state index is -0.279. The normalized spacial score (nSPS) is 14.6. The van der Waals surface area contributed by atoms with Crippen molar-refractivity contribution in [3.63, 3.8) is 0 Å². The van der Waals surface area contributed by atoms with Crippen molar-refractivity contribution in [2.24, 2.45) is 0 Å². The largest absolute Gasteiger partial charge is 0.310 e. The second-order valence-corrected chi connectivity index (χ2v) is 14.3. The molecule has 0 amide bonds. The highest BCUT2D eigenvalue weighted by molar-refractivity contribution is 6.16. The van der Waals surface area contributed by atoms with Crippen molar-refractivity contribution >= 4 is 38.6 Å². The molecule has 0 bridgehead atoms. The first-order valence-corrected chi connectivity index (χ1v) is 18.4. The van der Waals surface area contributed by atoms with E-state index < -0.39 is 0 Å². The Bertz CT molecular complexity index is 2670. The molecule has 250 valence electrons. The van der Waals surface area contributed by atoms with Gasteiger partial charge in [-0.3, -0.25) is 0 Å². The third kappa shape index (κ3) is 5.08. The van der Waals surface area contributed by atoms with E-state index in [9.17, 15) is 0 Å². The summed E-state index contributed by atoms with van der Waals surface area (Å²) in [6.45, 7) is 2.40. The Morgan fingerprint density at radius 2 is 0.906 bits per heavy atom. The quantitative estimate of drug-likeness (QED) is 0.159. The molecule has 0 radical (unpaired) electrons. The summed E-state index contributed by atoms with van der Waals surface area (Å²) < 4.78 is 0. The van der Waals surface area contributed by atoms with Gasteiger partial charge in [0.25, 0.3) is 0 Å². The van der Waals surface area contributed by atoms with Crippen LogP contribution in [0.3, 0.4) is 0 Å². The third-order valence-electron chi connectivity index (χ3n) is 11.3. The maximum atomic E-state index is 2.50. The Morgan fingerprint density at radius 3 is 1.53 bits per heavy atom. The molecule has 0 saturated heterocycles. The first-order chi connectivity index (χ1) is 26.2. The number of fused-ring (bicyclic) bond motifs is 6. The summed E-state index contributed by atoms with van der Waals surface area (Å²) in [6.07, 6.45) is 0. The fourth-order valence-electron chi connectivity index (χ4n) is 8.64. The molecule has 53 heavy (non-hydrogen) atoms. The highest BCUT2D eigenvalue weighted by Crippen LogP contribution is 2.54. The Balaban J connectivity index is 1.21. The molecule has 0 N–H and O–H groups in total. The van der Waals surface area contributed by atoms with Crippen LogP contribution in [0.25, 0.3) is 54.9 Å². The predicted octanol–water partition coefficient (Wildman–Crippen LogP) is 14.1. The lowest BCUT2D eigenvalue weighted by atomic mass is 9.74. The highest BCUT2D eigenvalue weighted by Gasteiger charge is 2.41. The summed E-state index contributed by atoms with van der Waals surface area (Å²) in [5.74, 6) is 0. The zero-order valence-corrected chi connectivity index (χ0v) is 29.6. The van der Waals surface area contributed by atoms with Crippen LogP contribution in [0, 0.1) is 0 Å². The van der Waals surface area contributed by atoms with Crippen molar-refractivity contribution in [2.45, 2.75) is 12.3 Å². The summed E-state index contributed by atoms with van der Waals surface area (Å²) in [5.41, 5.74) is 14.6. The molecule has 1 aliphatic carbocycles. The van der Waals surface area contributed by atoms with Gasteiger partial charge in [0.05, 0.1) is 5.69 Å². The summed E-state index contributed by atoms with van der Waals surface area (Å²) >= 11 is 0. The first kappa shape index (κ1) is 31.1. The van der Waals surface area contributed by atoms with E-state index in [1.807, 2.05) is 0 Å². The minimum absolute atomic E-state index is 0.279. The highest BCUT2D eigenvalue weighted by atomic mass is 15.1. The van der Waals surface area contributed by atoms with Gasteiger partial charge in [-0.2, -0.15) is 0 Å².